The minimum absolute atomic E-state index is 0.502. The van der Waals surface area contributed by atoms with Crippen LogP contribution in [0.3, 0.4) is 0 Å². The van der Waals surface area contributed by atoms with Gasteiger partial charge < -0.3 is 19.3 Å². The van der Waals surface area contributed by atoms with Gasteiger partial charge in [0, 0.05) is 41.7 Å². The van der Waals surface area contributed by atoms with Gasteiger partial charge in [-0.25, -0.2) is 0 Å². The van der Waals surface area contributed by atoms with E-state index in [-0.39, 0.29) is 0 Å². The lowest BCUT2D eigenvalue weighted by atomic mass is 9.98. The highest BCUT2D eigenvalue weighted by Crippen LogP contribution is 2.39. The van der Waals surface area contributed by atoms with Crippen LogP contribution in [0.2, 0.25) is 0 Å². The maximum absolute atomic E-state index is 9.16. The summed E-state index contributed by atoms with van der Waals surface area (Å²) in [6.45, 7) is 1.36. The third kappa shape index (κ3) is 3.64. The Morgan fingerprint density at radius 1 is 1.07 bits per heavy atom. The third-order valence-corrected chi connectivity index (χ3v) is 4.91. The summed E-state index contributed by atoms with van der Waals surface area (Å²) in [5.74, 6) is 1.26. The van der Waals surface area contributed by atoms with Gasteiger partial charge in [0.25, 0.3) is 5.95 Å². The van der Waals surface area contributed by atoms with Crippen LogP contribution >= 0.6 is 0 Å². The predicted octanol–water partition coefficient (Wildman–Crippen LogP) is 4.07. The van der Waals surface area contributed by atoms with Crippen LogP contribution < -0.4 is 4.74 Å². The second-order valence-electron chi connectivity index (χ2n) is 7.11. The molecule has 0 radical (unpaired) electrons. The van der Waals surface area contributed by atoms with Crippen LogP contribution in [-0.4, -0.2) is 48.0 Å². The van der Waals surface area contributed by atoms with Gasteiger partial charge in [0.05, 0.1) is 5.71 Å². The maximum Gasteiger partial charge on any atom is 0.285 e. The van der Waals surface area contributed by atoms with E-state index in [0.29, 0.717) is 12.6 Å². The van der Waals surface area contributed by atoms with Crippen molar-refractivity contribution >= 4 is 5.71 Å². The first-order chi connectivity index (χ1) is 13.7. The molecule has 0 spiro atoms. The minimum Gasteiger partial charge on any atom is -0.464 e. The van der Waals surface area contributed by atoms with Crippen LogP contribution in [0.25, 0.3) is 22.5 Å². The van der Waals surface area contributed by atoms with Crippen LogP contribution in [0.1, 0.15) is 17.5 Å². The maximum atomic E-state index is 9.16. The molecular weight excluding hydrogens is 354 g/mol. The summed E-state index contributed by atoms with van der Waals surface area (Å²) in [6, 6.07) is 12.0. The Morgan fingerprint density at radius 3 is 2.64 bits per heavy atom. The van der Waals surface area contributed by atoms with E-state index in [1.54, 1.807) is 12.4 Å². The molecule has 1 N–H and O–H groups in total. The predicted molar refractivity (Wildman–Crippen MR) is 108 cm³/mol. The number of hydrogen-bond donors (Lipinski definition) is 1. The van der Waals surface area contributed by atoms with E-state index in [1.165, 1.54) is 5.56 Å². The first-order valence-corrected chi connectivity index (χ1v) is 9.32. The zero-order valence-electron chi connectivity index (χ0n) is 16.1. The van der Waals surface area contributed by atoms with Gasteiger partial charge >= 0.3 is 0 Å². The smallest absolute Gasteiger partial charge is 0.285 e. The molecule has 2 aromatic heterocycles. The van der Waals surface area contributed by atoms with Crippen molar-refractivity contribution in [3.63, 3.8) is 0 Å². The van der Waals surface area contributed by atoms with Crippen molar-refractivity contribution in [2.75, 3.05) is 27.2 Å². The van der Waals surface area contributed by atoms with Gasteiger partial charge in [0.2, 0.25) is 0 Å². The molecule has 0 atom stereocenters. The van der Waals surface area contributed by atoms with Crippen molar-refractivity contribution in [3.8, 4) is 28.4 Å². The molecule has 3 aromatic rings. The molecule has 1 aliphatic rings. The molecule has 0 unspecified atom stereocenters. The highest BCUT2D eigenvalue weighted by atomic mass is 16.6. The topological polar surface area (TPSA) is 71.1 Å². The first-order valence-electron chi connectivity index (χ1n) is 9.32. The van der Waals surface area contributed by atoms with Crippen LogP contribution in [0.5, 0.6) is 5.95 Å². The van der Waals surface area contributed by atoms with Crippen molar-refractivity contribution in [3.05, 3.63) is 59.9 Å². The number of furan rings is 1. The molecular formula is C22H23N3O3. The molecule has 2 heterocycles. The summed E-state index contributed by atoms with van der Waals surface area (Å²) in [5.41, 5.74) is 5.92. The number of benzene rings is 1. The number of oxime groups is 1. The Bertz CT molecular complexity index is 994. The fourth-order valence-corrected chi connectivity index (χ4v) is 3.44. The quantitative estimate of drug-likeness (QED) is 0.518. The van der Waals surface area contributed by atoms with E-state index in [0.717, 1.165) is 53.1 Å². The van der Waals surface area contributed by atoms with Gasteiger partial charge in [-0.2, -0.15) is 0 Å². The normalized spacial score (nSPS) is 14.6. The Morgan fingerprint density at radius 2 is 1.89 bits per heavy atom. The van der Waals surface area contributed by atoms with Gasteiger partial charge in [0.15, 0.2) is 0 Å². The monoisotopic (exact) mass is 377 g/mol. The van der Waals surface area contributed by atoms with Crippen LogP contribution in [-0.2, 0) is 6.42 Å². The molecule has 0 bridgehead atoms. The average molecular weight is 377 g/mol. The van der Waals surface area contributed by atoms with Crippen LogP contribution in [0.4, 0.5) is 0 Å². The number of fused-ring (bicyclic) bond motifs is 1. The molecule has 1 aliphatic carbocycles. The fourth-order valence-electron chi connectivity index (χ4n) is 3.44. The molecule has 0 saturated heterocycles. The summed E-state index contributed by atoms with van der Waals surface area (Å²) in [6.07, 6.45) is 5.13. The highest BCUT2D eigenvalue weighted by Gasteiger charge is 2.21. The average Bonchev–Trinajstić information content (AvgIpc) is 3.32. The van der Waals surface area contributed by atoms with Gasteiger partial charge in [0.1, 0.15) is 12.4 Å². The number of likely N-dealkylation sites (N-methyl/N-ethyl adjacent to an activating group) is 1. The van der Waals surface area contributed by atoms with Gasteiger partial charge in [-0.3, -0.25) is 4.98 Å². The lowest BCUT2D eigenvalue weighted by molar-refractivity contribution is 0.215. The molecule has 0 saturated carbocycles. The van der Waals surface area contributed by atoms with E-state index in [1.807, 2.05) is 44.4 Å². The second kappa shape index (κ2) is 7.86. The number of aryl methyl sites for hydroxylation is 1. The summed E-state index contributed by atoms with van der Waals surface area (Å²) >= 11 is 0. The minimum atomic E-state index is 0.502. The van der Waals surface area contributed by atoms with Crippen molar-refractivity contribution in [1.29, 1.82) is 0 Å². The van der Waals surface area contributed by atoms with E-state index < -0.39 is 0 Å². The molecule has 0 aliphatic heterocycles. The number of pyridine rings is 1. The van der Waals surface area contributed by atoms with Gasteiger partial charge in [-0.05, 0) is 50.2 Å². The zero-order valence-corrected chi connectivity index (χ0v) is 16.1. The highest BCUT2D eigenvalue weighted by molar-refractivity contribution is 6.04. The molecule has 4 rings (SSSR count). The van der Waals surface area contributed by atoms with Crippen LogP contribution in [0.15, 0.2) is 58.4 Å². The first kappa shape index (κ1) is 18.3. The Balaban J connectivity index is 1.72. The fraction of sp³-hybridized carbons (Fsp3) is 0.273. The number of aromatic nitrogens is 1. The summed E-state index contributed by atoms with van der Waals surface area (Å²) in [7, 11) is 4.02. The van der Waals surface area contributed by atoms with E-state index in [2.05, 4.69) is 21.1 Å². The molecule has 0 fully saturated rings. The number of hydrogen-bond acceptors (Lipinski definition) is 6. The van der Waals surface area contributed by atoms with Crippen molar-refractivity contribution in [2.45, 2.75) is 12.8 Å². The SMILES string of the molecule is CN(C)CCOc1cc(-c2ccc3c(c2)CC/C3=N\O)c(-c2ccncc2)o1. The van der Waals surface area contributed by atoms with Crippen molar-refractivity contribution in [2.24, 2.45) is 5.16 Å². The molecule has 28 heavy (non-hydrogen) atoms. The van der Waals surface area contributed by atoms with Crippen molar-refractivity contribution in [1.82, 2.24) is 9.88 Å². The molecule has 1 aromatic carbocycles. The Hall–Kier alpha value is -3.12. The summed E-state index contributed by atoms with van der Waals surface area (Å²) < 4.78 is 11.9. The lowest BCUT2D eigenvalue weighted by Gasteiger charge is -2.08. The molecule has 6 heteroatoms. The Kier molecular flexibility index (Phi) is 5.12. The Labute approximate surface area is 164 Å². The zero-order chi connectivity index (χ0) is 19.5. The molecule has 6 nitrogen and oxygen atoms in total. The number of ether oxygens (including phenoxy) is 1. The third-order valence-electron chi connectivity index (χ3n) is 4.91. The summed E-state index contributed by atoms with van der Waals surface area (Å²) in [5, 5.41) is 12.6. The largest absolute Gasteiger partial charge is 0.464 e. The number of nitrogens with zero attached hydrogens (tertiary/aromatic N) is 3. The standard InChI is InChI=1S/C22H23N3O3/c1-25(2)11-12-27-21-14-19(22(28-21)15-7-9-23-10-8-15)17-3-5-18-16(13-17)4-6-20(18)24-26/h3,5,7-10,13-14,26H,4,6,11-12H2,1-2H3/b24-20+. The molecule has 0 amide bonds. The van der Waals surface area contributed by atoms with E-state index in [9.17, 15) is 0 Å². The lowest BCUT2D eigenvalue weighted by Crippen LogP contribution is -2.19. The van der Waals surface area contributed by atoms with Gasteiger partial charge in [-0.1, -0.05) is 23.4 Å². The van der Waals surface area contributed by atoms with Crippen molar-refractivity contribution < 1.29 is 14.4 Å². The van der Waals surface area contributed by atoms with E-state index in [4.69, 9.17) is 14.4 Å². The van der Waals surface area contributed by atoms with Gasteiger partial charge in [-0.15, -0.1) is 0 Å². The molecule has 144 valence electrons. The van der Waals surface area contributed by atoms with Crippen LogP contribution in [0, 0.1) is 0 Å². The number of rotatable bonds is 6. The second-order valence-corrected chi connectivity index (χ2v) is 7.11. The summed E-state index contributed by atoms with van der Waals surface area (Å²) in [4.78, 5) is 6.16. The van der Waals surface area contributed by atoms with E-state index >= 15 is 0 Å².